The van der Waals surface area contributed by atoms with Gasteiger partial charge in [-0.05, 0) is 37.5 Å². The van der Waals surface area contributed by atoms with Crippen LogP contribution < -0.4 is 0 Å². The van der Waals surface area contributed by atoms with Gasteiger partial charge in [-0.25, -0.2) is 0 Å². The van der Waals surface area contributed by atoms with Gasteiger partial charge in [0.1, 0.15) is 0 Å². The second kappa shape index (κ2) is 3.46. The molecule has 13 heavy (non-hydrogen) atoms. The smallest absolute Gasteiger partial charge is 0.0841 e. The monoisotopic (exact) mass is 179 g/mol. The van der Waals surface area contributed by atoms with E-state index in [0.29, 0.717) is 5.92 Å². The number of aliphatic hydroxyl groups is 1. The number of aromatic nitrogens is 1. The fourth-order valence-corrected chi connectivity index (χ4v) is 1.14. The maximum atomic E-state index is 9.77. The zero-order valence-electron chi connectivity index (χ0n) is 8.70. The van der Waals surface area contributed by atoms with Gasteiger partial charge < -0.3 is 5.11 Å². The van der Waals surface area contributed by atoms with Gasteiger partial charge in [0.05, 0.1) is 5.60 Å². The van der Waals surface area contributed by atoms with Crippen LogP contribution in [0.3, 0.4) is 0 Å². The van der Waals surface area contributed by atoms with Gasteiger partial charge >= 0.3 is 0 Å². The SMILES string of the molecule is CC(C)c1cc(C(C)(C)O)ccn1. The standard InChI is InChI=1S/C11H17NO/c1-8(2)10-7-9(5-6-12-10)11(3,4)13/h5-8,13H,1-4H3. The van der Waals surface area contributed by atoms with Crippen LogP contribution in [0.5, 0.6) is 0 Å². The summed E-state index contributed by atoms with van der Waals surface area (Å²) in [6.45, 7) is 7.76. The van der Waals surface area contributed by atoms with Gasteiger partial charge in [-0.2, -0.15) is 0 Å². The Kier molecular flexibility index (Phi) is 2.71. The summed E-state index contributed by atoms with van der Waals surface area (Å²) in [4.78, 5) is 4.24. The molecule has 0 aliphatic rings. The Morgan fingerprint density at radius 3 is 2.46 bits per heavy atom. The molecule has 0 aliphatic heterocycles. The average molecular weight is 179 g/mol. The van der Waals surface area contributed by atoms with Crippen molar-refractivity contribution < 1.29 is 5.11 Å². The minimum absolute atomic E-state index is 0.405. The molecule has 0 saturated heterocycles. The fourth-order valence-electron chi connectivity index (χ4n) is 1.14. The van der Waals surface area contributed by atoms with E-state index in [4.69, 9.17) is 0 Å². The maximum Gasteiger partial charge on any atom is 0.0841 e. The molecule has 0 atom stereocenters. The lowest BCUT2D eigenvalue weighted by Gasteiger charge is -2.18. The highest BCUT2D eigenvalue weighted by atomic mass is 16.3. The van der Waals surface area contributed by atoms with E-state index < -0.39 is 5.60 Å². The summed E-state index contributed by atoms with van der Waals surface area (Å²) < 4.78 is 0. The van der Waals surface area contributed by atoms with Crippen LogP contribution in [0.2, 0.25) is 0 Å². The largest absolute Gasteiger partial charge is 0.386 e. The van der Waals surface area contributed by atoms with Crippen molar-refractivity contribution in [2.24, 2.45) is 0 Å². The minimum Gasteiger partial charge on any atom is -0.386 e. The molecule has 0 bridgehead atoms. The summed E-state index contributed by atoms with van der Waals surface area (Å²) >= 11 is 0. The molecule has 0 aliphatic carbocycles. The van der Waals surface area contributed by atoms with Crippen molar-refractivity contribution in [3.05, 3.63) is 29.6 Å². The zero-order valence-corrected chi connectivity index (χ0v) is 8.70. The molecule has 0 fully saturated rings. The highest BCUT2D eigenvalue weighted by Gasteiger charge is 2.16. The molecule has 0 spiro atoms. The second-order valence-corrected chi connectivity index (χ2v) is 4.18. The number of pyridine rings is 1. The quantitative estimate of drug-likeness (QED) is 0.756. The molecule has 0 radical (unpaired) electrons. The lowest BCUT2D eigenvalue weighted by atomic mass is 9.97. The van der Waals surface area contributed by atoms with Crippen molar-refractivity contribution in [2.45, 2.75) is 39.2 Å². The van der Waals surface area contributed by atoms with E-state index >= 15 is 0 Å². The molecule has 72 valence electrons. The van der Waals surface area contributed by atoms with Gasteiger partial charge in [-0.3, -0.25) is 4.98 Å². The van der Waals surface area contributed by atoms with E-state index in [2.05, 4.69) is 18.8 Å². The van der Waals surface area contributed by atoms with E-state index in [9.17, 15) is 5.11 Å². The van der Waals surface area contributed by atoms with Crippen LogP contribution in [0.1, 0.15) is 44.9 Å². The van der Waals surface area contributed by atoms with Crippen LogP contribution in [0.4, 0.5) is 0 Å². The fraction of sp³-hybridized carbons (Fsp3) is 0.545. The summed E-state index contributed by atoms with van der Waals surface area (Å²) in [7, 11) is 0. The van der Waals surface area contributed by atoms with Crippen molar-refractivity contribution in [3.8, 4) is 0 Å². The Hall–Kier alpha value is -0.890. The van der Waals surface area contributed by atoms with E-state index in [1.54, 1.807) is 20.0 Å². The first-order valence-electron chi connectivity index (χ1n) is 4.60. The van der Waals surface area contributed by atoms with E-state index in [-0.39, 0.29) is 0 Å². The maximum absolute atomic E-state index is 9.77. The average Bonchev–Trinajstić information content (AvgIpc) is 2.03. The van der Waals surface area contributed by atoms with Crippen molar-refractivity contribution in [2.75, 3.05) is 0 Å². The molecule has 0 aromatic carbocycles. The molecule has 1 aromatic heterocycles. The van der Waals surface area contributed by atoms with Gasteiger partial charge in [0.2, 0.25) is 0 Å². The molecule has 1 N–H and O–H groups in total. The van der Waals surface area contributed by atoms with E-state index in [0.717, 1.165) is 11.3 Å². The van der Waals surface area contributed by atoms with Gasteiger partial charge in [-0.15, -0.1) is 0 Å². The third-order valence-corrected chi connectivity index (χ3v) is 2.08. The number of hydrogen-bond acceptors (Lipinski definition) is 2. The molecule has 1 rings (SSSR count). The normalized spacial score (nSPS) is 12.2. The molecular weight excluding hydrogens is 162 g/mol. The molecule has 0 amide bonds. The van der Waals surface area contributed by atoms with Crippen LogP contribution in [-0.4, -0.2) is 10.1 Å². The lowest BCUT2D eigenvalue weighted by Crippen LogP contribution is -2.16. The van der Waals surface area contributed by atoms with Gasteiger partial charge in [0.15, 0.2) is 0 Å². The summed E-state index contributed by atoms with van der Waals surface area (Å²) in [5.74, 6) is 0.405. The third kappa shape index (κ3) is 2.52. The topological polar surface area (TPSA) is 33.1 Å². The van der Waals surface area contributed by atoms with Crippen molar-refractivity contribution >= 4 is 0 Å². The summed E-state index contributed by atoms with van der Waals surface area (Å²) in [6, 6.07) is 3.82. The summed E-state index contributed by atoms with van der Waals surface area (Å²) in [5.41, 5.74) is 1.18. The van der Waals surface area contributed by atoms with E-state index in [1.165, 1.54) is 0 Å². The van der Waals surface area contributed by atoms with Gasteiger partial charge in [0, 0.05) is 11.9 Å². The first-order valence-corrected chi connectivity index (χ1v) is 4.60. The van der Waals surface area contributed by atoms with Crippen LogP contribution in [0.25, 0.3) is 0 Å². The molecule has 2 nitrogen and oxygen atoms in total. The highest BCUT2D eigenvalue weighted by molar-refractivity contribution is 5.23. The molecule has 2 heteroatoms. The second-order valence-electron chi connectivity index (χ2n) is 4.18. The Labute approximate surface area is 79.6 Å². The van der Waals surface area contributed by atoms with Crippen molar-refractivity contribution in [3.63, 3.8) is 0 Å². The molecule has 0 saturated carbocycles. The summed E-state index contributed by atoms with van der Waals surface area (Å²) in [5, 5.41) is 9.77. The lowest BCUT2D eigenvalue weighted by molar-refractivity contribution is 0.0784. The van der Waals surface area contributed by atoms with Crippen LogP contribution in [0.15, 0.2) is 18.3 Å². The van der Waals surface area contributed by atoms with E-state index in [1.807, 2.05) is 12.1 Å². The van der Waals surface area contributed by atoms with Crippen molar-refractivity contribution in [1.82, 2.24) is 4.98 Å². The minimum atomic E-state index is -0.771. The number of nitrogens with zero attached hydrogens (tertiary/aromatic N) is 1. The van der Waals surface area contributed by atoms with Crippen LogP contribution in [-0.2, 0) is 5.60 Å². The Balaban J connectivity index is 3.06. The molecule has 0 unspecified atom stereocenters. The van der Waals surface area contributed by atoms with Gasteiger partial charge in [-0.1, -0.05) is 13.8 Å². The van der Waals surface area contributed by atoms with Crippen molar-refractivity contribution in [1.29, 1.82) is 0 Å². The predicted octanol–water partition coefficient (Wildman–Crippen LogP) is 2.43. The first kappa shape index (κ1) is 10.2. The third-order valence-electron chi connectivity index (χ3n) is 2.08. The zero-order chi connectivity index (χ0) is 10.1. The molecule has 1 heterocycles. The Morgan fingerprint density at radius 2 is 2.00 bits per heavy atom. The van der Waals surface area contributed by atoms with Gasteiger partial charge in [0.25, 0.3) is 0 Å². The first-order chi connectivity index (χ1) is 5.91. The van der Waals surface area contributed by atoms with Crippen LogP contribution >= 0.6 is 0 Å². The Morgan fingerprint density at radius 1 is 1.38 bits per heavy atom. The van der Waals surface area contributed by atoms with Crippen LogP contribution in [0, 0.1) is 0 Å². The predicted molar refractivity (Wildman–Crippen MR) is 53.6 cm³/mol. The molecular formula is C11H17NO. The molecule has 1 aromatic rings. The summed E-state index contributed by atoms with van der Waals surface area (Å²) in [6.07, 6.45) is 1.75. The number of hydrogen-bond donors (Lipinski definition) is 1. The number of rotatable bonds is 2. The highest BCUT2D eigenvalue weighted by Crippen LogP contribution is 2.21. The Bertz CT molecular complexity index is 286.